The highest BCUT2D eigenvalue weighted by Gasteiger charge is 2.06. The van der Waals surface area contributed by atoms with E-state index in [2.05, 4.69) is 17.4 Å². The van der Waals surface area contributed by atoms with Gasteiger partial charge in [0.1, 0.15) is 12.4 Å². The van der Waals surface area contributed by atoms with Crippen LogP contribution in [0.15, 0.2) is 60.7 Å². The average Bonchev–Trinajstić information content (AvgIpc) is 2.60. The first-order valence-corrected chi connectivity index (χ1v) is 8.41. The van der Waals surface area contributed by atoms with Crippen molar-refractivity contribution in [3.05, 3.63) is 66.2 Å². The zero-order chi connectivity index (χ0) is 17.0. The van der Waals surface area contributed by atoms with Gasteiger partial charge in [-0.05, 0) is 37.6 Å². The Hall–Kier alpha value is -2.33. The Morgan fingerprint density at radius 3 is 2.42 bits per heavy atom. The van der Waals surface area contributed by atoms with E-state index in [4.69, 9.17) is 4.74 Å². The second kappa shape index (κ2) is 10.4. The lowest BCUT2D eigenvalue weighted by atomic mass is 10.1. The van der Waals surface area contributed by atoms with Gasteiger partial charge in [0.15, 0.2) is 0 Å². The topological polar surface area (TPSA) is 41.6 Å². The minimum atomic E-state index is 0.0604. The van der Waals surface area contributed by atoms with Crippen molar-refractivity contribution < 1.29 is 9.53 Å². The van der Waals surface area contributed by atoms with Gasteiger partial charge in [0.2, 0.25) is 5.91 Å². The number of carbonyl (C=O) groups is 1. The Kier molecular flexibility index (Phi) is 7.84. The highest BCUT2D eigenvalue weighted by atomic mass is 16.5. The standard InChI is InChI=1S/C20H26N2O2/c1-22(15-16-24-19-12-6-3-7-13-19)17-20(23)21-14-8-11-18-9-4-2-5-10-18/h2-7,9-10,12-13H,8,11,14-17H2,1H3,(H,21,23). The molecule has 2 aromatic rings. The summed E-state index contributed by atoms with van der Waals surface area (Å²) >= 11 is 0. The molecule has 0 unspecified atom stereocenters. The molecular formula is C20H26N2O2. The molecule has 2 aromatic carbocycles. The van der Waals surface area contributed by atoms with Gasteiger partial charge in [0, 0.05) is 13.1 Å². The summed E-state index contributed by atoms with van der Waals surface area (Å²) in [5, 5.41) is 2.97. The molecule has 0 aliphatic carbocycles. The molecule has 24 heavy (non-hydrogen) atoms. The fraction of sp³-hybridized carbons (Fsp3) is 0.350. The molecule has 2 rings (SSSR count). The van der Waals surface area contributed by atoms with E-state index in [1.54, 1.807) is 0 Å². The van der Waals surface area contributed by atoms with Gasteiger partial charge in [-0.2, -0.15) is 0 Å². The lowest BCUT2D eigenvalue weighted by Gasteiger charge is -2.16. The molecule has 4 heteroatoms. The largest absolute Gasteiger partial charge is 0.492 e. The third kappa shape index (κ3) is 7.29. The van der Waals surface area contributed by atoms with Crippen molar-refractivity contribution in [2.45, 2.75) is 12.8 Å². The number of amides is 1. The van der Waals surface area contributed by atoms with Crippen LogP contribution in [-0.4, -0.2) is 44.1 Å². The maximum atomic E-state index is 11.9. The molecule has 4 nitrogen and oxygen atoms in total. The van der Waals surface area contributed by atoms with Gasteiger partial charge in [-0.25, -0.2) is 0 Å². The number of aryl methyl sites for hydroxylation is 1. The summed E-state index contributed by atoms with van der Waals surface area (Å²) in [5.74, 6) is 0.918. The number of para-hydroxylation sites is 1. The first kappa shape index (κ1) is 18.0. The van der Waals surface area contributed by atoms with Crippen LogP contribution in [0.1, 0.15) is 12.0 Å². The van der Waals surface area contributed by atoms with E-state index in [-0.39, 0.29) is 5.91 Å². The Morgan fingerprint density at radius 1 is 1.04 bits per heavy atom. The molecule has 0 radical (unpaired) electrons. The fourth-order valence-electron chi connectivity index (χ4n) is 2.38. The zero-order valence-electron chi connectivity index (χ0n) is 14.3. The molecule has 0 aliphatic heterocycles. The number of nitrogens with one attached hydrogen (secondary N) is 1. The molecular weight excluding hydrogens is 300 g/mol. The van der Waals surface area contributed by atoms with E-state index in [1.807, 2.05) is 60.5 Å². The van der Waals surface area contributed by atoms with Crippen LogP contribution in [0.5, 0.6) is 5.75 Å². The molecule has 0 saturated heterocycles. The smallest absolute Gasteiger partial charge is 0.234 e. The third-order valence-corrected chi connectivity index (χ3v) is 3.71. The molecule has 0 aromatic heterocycles. The van der Waals surface area contributed by atoms with Gasteiger partial charge < -0.3 is 10.1 Å². The Balaban J connectivity index is 1.53. The van der Waals surface area contributed by atoms with Crippen molar-refractivity contribution in [1.82, 2.24) is 10.2 Å². The molecule has 1 amide bonds. The van der Waals surface area contributed by atoms with Crippen molar-refractivity contribution in [2.75, 3.05) is 33.3 Å². The molecule has 1 N–H and O–H groups in total. The maximum absolute atomic E-state index is 11.9. The van der Waals surface area contributed by atoms with Crippen LogP contribution < -0.4 is 10.1 Å². The summed E-state index contributed by atoms with van der Waals surface area (Å²) in [6, 6.07) is 20.0. The van der Waals surface area contributed by atoms with Crippen LogP contribution in [-0.2, 0) is 11.2 Å². The molecule has 0 fully saturated rings. The van der Waals surface area contributed by atoms with Gasteiger partial charge >= 0.3 is 0 Å². The third-order valence-electron chi connectivity index (χ3n) is 3.71. The van der Waals surface area contributed by atoms with E-state index in [0.29, 0.717) is 26.2 Å². The minimum absolute atomic E-state index is 0.0604. The minimum Gasteiger partial charge on any atom is -0.492 e. The molecule has 0 bridgehead atoms. The monoisotopic (exact) mass is 326 g/mol. The first-order valence-electron chi connectivity index (χ1n) is 8.41. The number of rotatable bonds is 10. The molecule has 0 atom stereocenters. The van der Waals surface area contributed by atoms with Crippen LogP contribution >= 0.6 is 0 Å². The van der Waals surface area contributed by atoms with Gasteiger partial charge in [-0.1, -0.05) is 48.5 Å². The van der Waals surface area contributed by atoms with Gasteiger partial charge in [0.25, 0.3) is 0 Å². The molecule has 0 spiro atoms. The fourth-order valence-corrected chi connectivity index (χ4v) is 2.38. The van der Waals surface area contributed by atoms with Crippen molar-refractivity contribution in [1.29, 1.82) is 0 Å². The predicted octanol–water partition coefficient (Wildman–Crippen LogP) is 2.75. The quantitative estimate of drug-likeness (QED) is 0.683. The first-order chi connectivity index (χ1) is 11.7. The van der Waals surface area contributed by atoms with Crippen molar-refractivity contribution in [3.8, 4) is 5.75 Å². The van der Waals surface area contributed by atoms with Crippen molar-refractivity contribution >= 4 is 5.91 Å². The summed E-state index contributed by atoms with van der Waals surface area (Å²) in [4.78, 5) is 13.9. The van der Waals surface area contributed by atoms with E-state index >= 15 is 0 Å². The number of likely N-dealkylation sites (N-methyl/N-ethyl adjacent to an activating group) is 1. The SMILES string of the molecule is CN(CCOc1ccccc1)CC(=O)NCCCc1ccccc1. The van der Waals surface area contributed by atoms with Crippen LogP contribution in [0.3, 0.4) is 0 Å². The number of carbonyl (C=O) groups excluding carboxylic acids is 1. The average molecular weight is 326 g/mol. The summed E-state index contributed by atoms with van der Waals surface area (Å²) in [7, 11) is 1.93. The van der Waals surface area contributed by atoms with Crippen LogP contribution in [0.25, 0.3) is 0 Å². The summed E-state index contributed by atoms with van der Waals surface area (Å²) < 4.78 is 5.63. The lowest BCUT2D eigenvalue weighted by molar-refractivity contribution is -0.122. The van der Waals surface area contributed by atoms with Gasteiger partial charge in [-0.15, -0.1) is 0 Å². The van der Waals surface area contributed by atoms with Gasteiger partial charge in [0.05, 0.1) is 6.54 Å². The summed E-state index contributed by atoms with van der Waals surface area (Å²) in [6.07, 6.45) is 1.94. The van der Waals surface area contributed by atoms with E-state index in [1.165, 1.54) is 5.56 Å². The Morgan fingerprint density at radius 2 is 1.71 bits per heavy atom. The second-order valence-corrected chi connectivity index (χ2v) is 5.84. The molecule has 0 heterocycles. The molecule has 128 valence electrons. The highest BCUT2D eigenvalue weighted by Crippen LogP contribution is 2.07. The van der Waals surface area contributed by atoms with E-state index < -0.39 is 0 Å². The lowest BCUT2D eigenvalue weighted by Crippen LogP contribution is -2.37. The van der Waals surface area contributed by atoms with Gasteiger partial charge in [-0.3, -0.25) is 9.69 Å². The maximum Gasteiger partial charge on any atom is 0.234 e. The number of hydrogen-bond donors (Lipinski definition) is 1. The summed E-state index contributed by atoms with van der Waals surface area (Å²) in [6.45, 7) is 2.39. The Bertz CT molecular complexity index is 587. The number of hydrogen-bond acceptors (Lipinski definition) is 3. The van der Waals surface area contributed by atoms with Crippen molar-refractivity contribution in [2.24, 2.45) is 0 Å². The number of ether oxygens (including phenoxy) is 1. The van der Waals surface area contributed by atoms with E-state index in [0.717, 1.165) is 18.6 Å². The van der Waals surface area contributed by atoms with E-state index in [9.17, 15) is 4.79 Å². The normalized spacial score (nSPS) is 10.6. The molecule has 0 saturated carbocycles. The highest BCUT2D eigenvalue weighted by molar-refractivity contribution is 5.77. The summed E-state index contributed by atoms with van der Waals surface area (Å²) in [5.41, 5.74) is 1.31. The molecule has 0 aliphatic rings. The predicted molar refractivity (Wildman–Crippen MR) is 97.2 cm³/mol. The Labute approximate surface area is 144 Å². The van der Waals surface area contributed by atoms with Crippen LogP contribution in [0.4, 0.5) is 0 Å². The van der Waals surface area contributed by atoms with Crippen LogP contribution in [0, 0.1) is 0 Å². The van der Waals surface area contributed by atoms with Crippen molar-refractivity contribution in [3.63, 3.8) is 0 Å². The van der Waals surface area contributed by atoms with Crippen LogP contribution in [0.2, 0.25) is 0 Å². The number of benzene rings is 2. The number of nitrogens with zero attached hydrogens (tertiary/aromatic N) is 1. The second-order valence-electron chi connectivity index (χ2n) is 5.84. The zero-order valence-corrected chi connectivity index (χ0v) is 14.3.